The number of ether oxygens (including phenoxy) is 2. The molecular formula is C27H28Br2FN5O4S2. The number of aliphatic imine (C=N–C) groups is 1. The zero-order valence-electron chi connectivity index (χ0n) is 22.6. The van der Waals surface area contributed by atoms with E-state index < -0.39 is 5.82 Å². The maximum absolute atomic E-state index is 14.4. The first-order valence-corrected chi connectivity index (χ1v) is 15.8. The summed E-state index contributed by atoms with van der Waals surface area (Å²) in [6, 6.07) is 8.13. The first-order chi connectivity index (χ1) is 19.7. The lowest BCUT2D eigenvalue weighted by Crippen LogP contribution is -2.25. The van der Waals surface area contributed by atoms with Crippen molar-refractivity contribution in [3.63, 3.8) is 0 Å². The van der Waals surface area contributed by atoms with E-state index in [1.54, 1.807) is 35.5 Å². The van der Waals surface area contributed by atoms with Gasteiger partial charge in [0.25, 0.3) is 5.56 Å². The van der Waals surface area contributed by atoms with E-state index in [2.05, 4.69) is 51.5 Å². The Morgan fingerprint density at radius 2 is 1.90 bits per heavy atom. The molecule has 14 heteroatoms. The van der Waals surface area contributed by atoms with Crippen molar-refractivity contribution < 1.29 is 18.7 Å². The molecule has 41 heavy (non-hydrogen) atoms. The number of rotatable bonds is 8. The highest BCUT2D eigenvalue weighted by Crippen LogP contribution is 2.33. The van der Waals surface area contributed by atoms with Gasteiger partial charge in [-0.15, -0.1) is 22.7 Å². The van der Waals surface area contributed by atoms with E-state index in [0.29, 0.717) is 33.1 Å². The lowest BCUT2D eigenvalue weighted by molar-refractivity contribution is 0.0607. The lowest BCUT2D eigenvalue weighted by atomic mass is 10.3. The van der Waals surface area contributed by atoms with Gasteiger partial charge in [-0.05, 0) is 82.1 Å². The van der Waals surface area contributed by atoms with Crippen LogP contribution in [0.5, 0.6) is 5.75 Å². The number of methoxy groups -OCH3 is 1. The molecule has 0 aliphatic carbocycles. The summed E-state index contributed by atoms with van der Waals surface area (Å²) in [6.45, 7) is 3.42. The number of thiophene rings is 2. The average molecular weight is 729 g/mol. The number of aromatic nitrogens is 2. The van der Waals surface area contributed by atoms with Gasteiger partial charge in [-0.3, -0.25) is 14.3 Å². The summed E-state index contributed by atoms with van der Waals surface area (Å²) in [6.07, 6.45) is 5.50. The van der Waals surface area contributed by atoms with Crippen LogP contribution in [0.2, 0.25) is 0 Å². The zero-order chi connectivity index (χ0) is 29.5. The van der Waals surface area contributed by atoms with Gasteiger partial charge in [-0.2, -0.15) is 0 Å². The monoisotopic (exact) mass is 727 g/mol. The number of esters is 1. The SMILES string of the molecule is COC(=O)c1sc(Br)cc1N=CN(C)C.O=c1c2sc(Br)cc2ncn1-c1ccc(OCCN2CCCC2)c(F)c1. The fourth-order valence-corrected chi connectivity index (χ4v) is 6.90. The summed E-state index contributed by atoms with van der Waals surface area (Å²) < 4.78 is 28.2. The average Bonchev–Trinajstić information content (AvgIpc) is 3.68. The second-order valence-corrected chi connectivity index (χ2v) is 14.0. The van der Waals surface area contributed by atoms with E-state index in [-0.39, 0.29) is 17.3 Å². The predicted octanol–water partition coefficient (Wildman–Crippen LogP) is 6.34. The van der Waals surface area contributed by atoms with Crippen LogP contribution in [0.4, 0.5) is 10.1 Å². The van der Waals surface area contributed by atoms with Gasteiger partial charge in [-0.1, -0.05) is 0 Å². The van der Waals surface area contributed by atoms with Crippen molar-refractivity contribution >= 4 is 82.7 Å². The van der Waals surface area contributed by atoms with Crippen molar-refractivity contribution in [3.8, 4) is 11.4 Å². The molecule has 0 saturated carbocycles. The van der Waals surface area contributed by atoms with Crippen LogP contribution in [0.3, 0.4) is 0 Å². The van der Waals surface area contributed by atoms with Crippen molar-refractivity contribution in [2.45, 2.75) is 12.8 Å². The van der Waals surface area contributed by atoms with E-state index in [4.69, 9.17) is 4.74 Å². The van der Waals surface area contributed by atoms with Crippen LogP contribution in [0, 0.1) is 5.82 Å². The largest absolute Gasteiger partial charge is 0.489 e. The van der Waals surface area contributed by atoms with E-state index in [0.717, 1.165) is 27.2 Å². The van der Waals surface area contributed by atoms with Gasteiger partial charge in [0.05, 0.1) is 37.9 Å². The summed E-state index contributed by atoms with van der Waals surface area (Å²) >= 11 is 9.29. The molecule has 0 bridgehead atoms. The van der Waals surface area contributed by atoms with Crippen molar-refractivity contribution in [2.75, 3.05) is 47.4 Å². The summed E-state index contributed by atoms with van der Waals surface area (Å²) in [4.78, 5) is 37.0. The third-order valence-corrected chi connectivity index (χ3v) is 9.17. The van der Waals surface area contributed by atoms with Gasteiger partial charge < -0.3 is 14.4 Å². The number of benzene rings is 1. The summed E-state index contributed by atoms with van der Waals surface area (Å²) in [7, 11) is 5.08. The molecule has 4 aromatic rings. The molecule has 0 N–H and O–H groups in total. The maximum atomic E-state index is 14.4. The summed E-state index contributed by atoms with van der Waals surface area (Å²) in [5.41, 5.74) is 1.46. The van der Waals surface area contributed by atoms with Crippen LogP contribution < -0.4 is 10.3 Å². The molecule has 218 valence electrons. The number of nitrogens with zero attached hydrogens (tertiary/aromatic N) is 5. The Bertz CT molecular complexity index is 1600. The number of hydrogen-bond donors (Lipinski definition) is 0. The van der Waals surface area contributed by atoms with Crippen LogP contribution in [-0.4, -0.2) is 79.1 Å². The lowest BCUT2D eigenvalue weighted by Gasteiger charge is -2.15. The molecule has 1 aromatic carbocycles. The Morgan fingerprint density at radius 1 is 1.17 bits per heavy atom. The second-order valence-electron chi connectivity index (χ2n) is 9.16. The number of likely N-dealkylation sites (tertiary alicyclic amines) is 1. The molecule has 0 atom stereocenters. The normalized spacial score (nSPS) is 13.4. The molecule has 5 rings (SSSR count). The molecule has 9 nitrogen and oxygen atoms in total. The molecule has 1 saturated heterocycles. The highest BCUT2D eigenvalue weighted by molar-refractivity contribution is 9.11. The topological polar surface area (TPSA) is 89.3 Å². The summed E-state index contributed by atoms with van der Waals surface area (Å²) in [5.74, 6) is -0.645. The minimum Gasteiger partial charge on any atom is -0.489 e. The smallest absolute Gasteiger partial charge is 0.350 e. The van der Waals surface area contributed by atoms with Gasteiger partial charge in [0.15, 0.2) is 11.6 Å². The number of carbonyl (C=O) groups is 1. The zero-order valence-corrected chi connectivity index (χ0v) is 27.4. The quantitative estimate of drug-likeness (QED) is 0.119. The van der Waals surface area contributed by atoms with Crippen LogP contribution in [0.15, 0.2) is 54.0 Å². The van der Waals surface area contributed by atoms with Gasteiger partial charge >= 0.3 is 5.97 Å². The van der Waals surface area contributed by atoms with E-state index >= 15 is 0 Å². The van der Waals surface area contributed by atoms with Crippen LogP contribution in [0.1, 0.15) is 22.5 Å². The number of fused-ring (bicyclic) bond motifs is 1. The molecule has 3 aromatic heterocycles. The first kappa shape index (κ1) is 31.3. The molecule has 1 aliphatic rings. The Kier molecular flexibility index (Phi) is 11.1. The maximum Gasteiger partial charge on any atom is 0.350 e. The standard InChI is InChI=1S/C18H17BrFN3O2S.C9H11BrN2O2S/c19-16-10-14-17(26-16)18(24)23(11-21-14)12-3-4-15(13(20)9-12)25-8-7-22-5-1-2-6-22;1-12(2)5-11-6-4-7(10)15-8(6)9(13)14-3/h3-4,9-11H,1-2,5-8H2;4-5H,1-3H3. The third-order valence-electron chi connectivity index (χ3n) is 5.95. The minimum atomic E-state index is -0.483. The van der Waals surface area contributed by atoms with Crippen LogP contribution in [0.25, 0.3) is 15.9 Å². The highest BCUT2D eigenvalue weighted by atomic mass is 79.9. The minimum absolute atomic E-state index is 0.203. The fraction of sp³-hybridized carbons (Fsp3) is 0.333. The van der Waals surface area contributed by atoms with Crippen LogP contribution >= 0.6 is 54.5 Å². The molecule has 1 fully saturated rings. The second kappa shape index (κ2) is 14.5. The summed E-state index contributed by atoms with van der Waals surface area (Å²) in [5, 5.41) is 0. The Labute approximate surface area is 261 Å². The van der Waals surface area contributed by atoms with Crippen molar-refractivity contribution in [3.05, 3.63) is 65.3 Å². The molecule has 0 amide bonds. The molecule has 1 aliphatic heterocycles. The van der Waals surface area contributed by atoms with Crippen LogP contribution in [-0.2, 0) is 4.74 Å². The molecule has 0 unspecified atom stereocenters. The van der Waals surface area contributed by atoms with E-state index in [9.17, 15) is 14.0 Å². The molecule has 0 spiro atoms. The number of carbonyl (C=O) groups excluding carboxylic acids is 1. The van der Waals surface area contributed by atoms with Gasteiger partial charge in [0.2, 0.25) is 0 Å². The number of halogens is 3. The van der Waals surface area contributed by atoms with E-state index in [1.165, 1.54) is 59.6 Å². The van der Waals surface area contributed by atoms with E-state index in [1.807, 2.05) is 14.1 Å². The molecule has 4 heterocycles. The Balaban J connectivity index is 0.000000221. The predicted molar refractivity (Wildman–Crippen MR) is 169 cm³/mol. The number of hydrogen-bond acceptors (Lipinski definition) is 9. The molecule has 0 radical (unpaired) electrons. The van der Waals surface area contributed by atoms with Gasteiger partial charge in [0.1, 0.15) is 22.5 Å². The van der Waals surface area contributed by atoms with Gasteiger partial charge in [-0.25, -0.2) is 19.2 Å². The van der Waals surface area contributed by atoms with Crippen molar-refractivity contribution in [1.29, 1.82) is 0 Å². The Morgan fingerprint density at radius 3 is 2.59 bits per heavy atom. The van der Waals surface area contributed by atoms with Crippen molar-refractivity contribution in [2.24, 2.45) is 4.99 Å². The van der Waals surface area contributed by atoms with Gasteiger partial charge in [0, 0.05) is 26.7 Å². The highest BCUT2D eigenvalue weighted by Gasteiger charge is 2.16. The Hall–Kier alpha value is -2.65. The third kappa shape index (κ3) is 8.22. The first-order valence-electron chi connectivity index (χ1n) is 12.6. The van der Waals surface area contributed by atoms with Crippen molar-refractivity contribution in [1.82, 2.24) is 19.4 Å². The fourth-order valence-electron chi connectivity index (χ4n) is 3.98. The molecular weight excluding hydrogens is 701 g/mol.